The van der Waals surface area contributed by atoms with E-state index in [1.54, 1.807) is 6.07 Å². The molecule has 0 bridgehead atoms. The number of ether oxygens (including phenoxy) is 1. The summed E-state index contributed by atoms with van der Waals surface area (Å²) in [5, 5.41) is 8.93. The minimum absolute atomic E-state index is 0.179. The van der Waals surface area contributed by atoms with Crippen LogP contribution in [0.1, 0.15) is 38.5 Å². The summed E-state index contributed by atoms with van der Waals surface area (Å²) < 4.78 is 20.7. The lowest BCUT2D eigenvalue weighted by atomic mass is 9.93. The molecule has 1 N–H and O–H groups in total. The van der Waals surface area contributed by atoms with Crippen LogP contribution >= 0.6 is 0 Å². The summed E-state index contributed by atoms with van der Waals surface area (Å²) in [6.45, 7) is 1.36. The van der Waals surface area contributed by atoms with Gasteiger partial charge in [0.2, 0.25) is 5.88 Å². The number of aromatic nitrogens is 1. The lowest BCUT2D eigenvalue weighted by molar-refractivity contribution is -0.138. The van der Waals surface area contributed by atoms with Crippen LogP contribution in [0.2, 0.25) is 0 Å². The fraction of sp³-hybridized carbons (Fsp3) is 0.455. The van der Waals surface area contributed by atoms with Crippen molar-refractivity contribution in [2.45, 2.75) is 44.6 Å². The molecular formula is C22H25FN2O3. The van der Waals surface area contributed by atoms with Crippen molar-refractivity contribution in [3.05, 3.63) is 42.2 Å². The quantitative estimate of drug-likeness (QED) is 0.794. The Morgan fingerprint density at radius 1 is 1.18 bits per heavy atom. The monoisotopic (exact) mass is 384 g/mol. The minimum Gasteiger partial charge on any atom is -0.481 e. The molecule has 2 aliphatic rings. The van der Waals surface area contributed by atoms with Crippen molar-refractivity contribution in [1.82, 2.24) is 4.98 Å². The van der Waals surface area contributed by atoms with Gasteiger partial charge in [-0.25, -0.2) is 9.37 Å². The molecule has 148 valence electrons. The summed E-state index contributed by atoms with van der Waals surface area (Å²) >= 11 is 0. The normalized spacial score (nSPS) is 18.0. The molecule has 0 amide bonds. The van der Waals surface area contributed by atoms with Gasteiger partial charge in [0.05, 0.1) is 11.4 Å². The molecule has 2 aromatic rings. The first-order valence-corrected chi connectivity index (χ1v) is 9.99. The number of halogens is 1. The Labute approximate surface area is 164 Å². The highest BCUT2D eigenvalue weighted by molar-refractivity contribution is 5.67. The molecule has 2 fully saturated rings. The number of hydrogen-bond acceptors (Lipinski definition) is 4. The fourth-order valence-electron chi connectivity index (χ4n) is 3.85. The van der Waals surface area contributed by atoms with E-state index in [-0.39, 0.29) is 24.3 Å². The third-order valence-corrected chi connectivity index (χ3v) is 5.73. The van der Waals surface area contributed by atoms with Crippen molar-refractivity contribution in [2.24, 2.45) is 5.92 Å². The molecule has 6 heteroatoms. The first-order valence-electron chi connectivity index (χ1n) is 9.99. The zero-order valence-corrected chi connectivity index (χ0v) is 15.8. The highest BCUT2D eigenvalue weighted by atomic mass is 19.1. The Morgan fingerprint density at radius 2 is 1.96 bits per heavy atom. The second kappa shape index (κ2) is 8.17. The van der Waals surface area contributed by atoms with Crippen molar-refractivity contribution < 1.29 is 19.0 Å². The Hall–Kier alpha value is -2.63. The standard InChI is InChI=1S/C22H25FN2O3/c23-18-14-16(19-5-2-6-21(24-19)28-17-3-1-4-17)7-8-20(18)25-11-9-15(10-12-25)13-22(26)27/h2,5-8,14-15,17H,1,3-4,9-13H2,(H,26,27). The Morgan fingerprint density at radius 3 is 2.61 bits per heavy atom. The molecule has 28 heavy (non-hydrogen) atoms. The van der Waals surface area contributed by atoms with Crippen LogP contribution in [0, 0.1) is 11.7 Å². The Kier molecular flexibility index (Phi) is 5.46. The molecule has 0 unspecified atom stereocenters. The van der Waals surface area contributed by atoms with E-state index in [9.17, 15) is 9.18 Å². The van der Waals surface area contributed by atoms with Gasteiger partial charge in [-0.15, -0.1) is 0 Å². The molecule has 0 atom stereocenters. The molecule has 1 aliphatic heterocycles. The van der Waals surface area contributed by atoms with Crippen LogP contribution in [0.5, 0.6) is 5.88 Å². The van der Waals surface area contributed by atoms with Crippen molar-refractivity contribution >= 4 is 11.7 Å². The molecule has 4 rings (SSSR count). The second-order valence-electron chi connectivity index (χ2n) is 7.73. The molecule has 0 spiro atoms. The smallest absolute Gasteiger partial charge is 0.303 e. The minimum atomic E-state index is -0.759. The van der Waals surface area contributed by atoms with Gasteiger partial charge in [-0.1, -0.05) is 12.1 Å². The summed E-state index contributed by atoms with van der Waals surface area (Å²) in [6, 6.07) is 10.8. The lowest BCUT2D eigenvalue weighted by Gasteiger charge is -2.33. The maximum atomic E-state index is 14.8. The highest BCUT2D eigenvalue weighted by Gasteiger charge is 2.23. The first-order chi connectivity index (χ1) is 13.6. The van der Waals surface area contributed by atoms with Gasteiger partial charge in [0.1, 0.15) is 11.9 Å². The number of pyridine rings is 1. The average molecular weight is 384 g/mol. The number of piperidine rings is 1. The van der Waals surface area contributed by atoms with Gasteiger partial charge in [0, 0.05) is 31.1 Å². The molecule has 1 saturated heterocycles. The number of aliphatic carboxylic acids is 1. The third-order valence-electron chi connectivity index (χ3n) is 5.73. The maximum Gasteiger partial charge on any atom is 0.303 e. The van der Waals surface area contributed by atoms with Crippen LogP contribution in [-0.2, 0) is 4.79 Å². The van der Waals surface area contributed by atoms with Gasteiger partial charge in [-0.05, 0) is 56.2 Å². The molecule has 1 aromatic carbocycles. The predicted octanol–water partition coefficient (Wildman–Crippen LogP) is 4.51. The average Bonchev–Trinajstić information content (AvgIpc) is 2.65. The van der Waals surface area contributed by atoms with Gasteiger partial charge < -0.3 is 14.7 Å². The van der Waals surface area contributed by atoms with Gasteiger partial charge in [0.15, 0.2) is 0 Å². The van der Waals surface area contributed by atoms with Crippen LogP contribution < -0.4 is 9.64 Å². The third kappa shape index (κ3) is 4.26. The largest absolute Gasteiger partial charge is 0.481 e. The van der Waals surface area contributed by atoms with Gasteiger partial charge in [-0.3, -0.25) is 4.79 Å². The first kappa shape index (κ1) is 18.7. The van der Waals surface area contributed by atoms with Crippen molar-refractivity contribution in [1.29, 1.82) is 0 Å². The van der Waals surface area contributed by atoms with E-state index in [0.29, 0.717) is 30.4 Å². The molecule has 1 aromatic heterocycles. The van der Waals surface area contributed by atoms with E-state index in [2.05, 4.69) is 4.98 Å². The predicted molar refractivity (Wildman–Crippen MR) is 105 cm³/mol. The van der Waals surface area contributed by atoms with E-state index >= 15 is 0 Å². The number of carboxylic acids is 1. The van der Waals surface area contributed by atoms with Crippen LogP contribution in [0.4, 0.5) is 10.1 Å². The summed E-state index contributed by atoms with van der Waals surface area (Å²) in [7, 11) is 0. The molecule has 0 radical (unpaired) electrons. The number of anilines is 1. The summed E-state index contributed by atoms with van der Waals surface area (Å²) in [5.74, 6) is -0.267. The lowest BCUT2D eigenvalue weighted by Crippen LogP contribution is -2.34. The number of benzene rings is 1. The number of carbonyl (C=O) groups is 1. The van der Waals surface area contributed by atoms with E-state index in [1.165, 1.54) is 12.5 Å². The molecule has 2 heterocycles. The van der Waals surface area contributed by atoms with Crippen LogP contribution in [-0.4, -0.2) is 35.3 Å². The van der Waals surface area contributed by atoms with Crippen LogP contribution in [0.15, 0.2) is 36.4 Å². The van der Waals surface area contributed by atoms with Gasteiger partial charge in [-0.2, -0.15) is 0 Å². The number of carboxylic acid groups (broad SMARTS) is 1. The van der Waals surface area contributed by atoms with E-state index in [0.717, 1.165) is 31.2 Å². The van der Waals surface area contributed by atoms with E-state index in [4.69, 9.17) is 9.84 Å². The maximum absolute atomic E-state index is 14.8. The Bertz CT molecular complexity index is 845. The topological polar surface area (TPSA) is 62.7 Å². The Balaban J connectivity index is 1.45. The van der Waals surface area contributed by atoms with Crippen molar-refractivity contribution in [2.75, 3.05) is 18.0 Å². The summed E-state index contributed by atoms with van der Waals surface area (Å²) in [5.41, 5.74) is 1.99. The summed E-state index contributed by atoms with van der Waals surface area (Å²) in [4.78, 5) is 17.4. The number of rotatable bonds is 6. The number of nitrogens with zero attached hydrogens (tertiary/aromatic N) is 2. The zero-order valence-electron chi connectivity index (χ0n) is 15.8. The zero-order chi connectivity index (χ0) is 19.5. The SMILES string of the molecule is O=C(O)CC1CCN(c2ccc(-c3cccc(OC4CCC4)n3)cc2F)CC1. The highest BCUT2D eigenvalue weighted by Crippen LogP contribution is 2.31. The van der Waals surface area contributed by atoms with Crippen LogP contribution in [0.3, 0.4) is 0 Å². The molecule has 1 saturated carbocycles. The van der Waals surface area contributed by atoms with E-state index in [1.807, 2.05) is 29.2 Å². The van der Waals surface area contributed by atoms with Gasteiger partial charge in [0.25, 0.3) is 0 Å². The fourth-order valence-corrected chi connectivity index (χ4v) is 3.85. The van der Waals surface area contributed by atoms with Crippen molar-refractivity contribution in [3.63, 3.8) is 0 Å². The van der Waals surface area contributed by atoms with Gasteiger partial charge >= 0.3 is 5.97 Å². The van der Waals surface area contributed by atoms with Crippen molar-refractivity contribution in [3.8, 4) is 17.1 Å². The molecule has 1 aliphatic carbocycles. The molecule has 5 nitrogen and oxygen atoms in total. The summed E-state index contributed by atoms with van der Waals surface area (Å²) in [6.07, 6.45) is 5.33. The second-order valence-corrected chi connectivity index (χ2v) is 7.73. The van der Waals surface area contributed by atoms with Crippen LogP contribution in [0.25, 0.3) is 11.3 Å². The number of hydrogen-bond donors (Lipinski definition) is 1. The van der Waals surface area contributed by atoms with E-state index < -0.39 is 5.97 Å². The molecular weight excluding hydrogens is 359 g/mol.